The lowest BCUT2D eigenvalue weighted by atomic mass is 9.98. The standard InChI is InChI=1S/C26H28N4O5/c1-3-4-13-21(24(31)28-23-14-22(25(32)33)30(2)29-23)27-26(34)35-15-20-18-11-7-5-9-16(18)17-10-6-8-12-19(17)20/h5-12,14,20-21H,3-4,13,15H2,1-2H3,(H,27,34)(H,32,33)(H,28,29,31). The SMILES string of the molecule is CCCCC(NC(=O)OCC1c2ccccc2-c2ccccc21)C(=O)Nc1cc(C(=O)O)n(C)n1. The Labute approximate surface area is 203 Å². The molecule has 1 unspecified atom stereocenters. The molecule has 1 aliphatic carbocycles. The summed E-state index contributed by atoms with van der Waals surface area (Å²) in [5.74, 6) is -1.62. The van der Waals surface area contributed by atoms with Gasteiger partial charge in [-0.2, -0.15) is 5.10 Å². The Morgan fingerprint density at radius 2 is 1.71 bits per heavy atom. The van der Waals surface area contributed by atoms with E-state index in [1.54, 1.807) is 0 Å². The number of nitrogens with one attached hydrogen (secondary N) is 2. The Bertz CT molecular complexity index is 1210. The molecule has 2 amide bonds. The van der Waals surface area contributed by atoms with Gasteiger partial charge in [0.2, 0.25) is 5.91 Å². The zero-order chi connectivity index (χ0) is 24.9. The molecule has 1 aromatic heterocycles. The van der Waals surface area contributed by atoms with E-state index in [4.69, 9.17) is 4.74 Å². The van der Waals surface area contributed by atoms with Crippen LogP contribution in [0.5, 0.6) is 0 Å². The smallest absolute Gasteiger partial charge is 0.407 e. The van der Waals surface area contributed by atoms with Crippen molar-refractivity contribution in [1.82, 2.24) is 15.1 Å². The van der Waals surface area contributed by atoms with E-state index in [0.29, 0.717) is 12.8 Å². The predicted octanol–water partition coefficient (Wildman–Crippen LogP) is 4.15. The number of carbonyl (C=O) groups excluding carboxylic acids is 2. The number of amides is 2. The molecule has 0 spiro atoms. The van der Waals surface area contributed by atoms with Crippen molar-refractivity contribution >= 4 is 23.8 Å². The Kier molecular flexibility index (Phi) is 7.14. The summed E-state index contributed by atoms with van der Waals surface area (Å²) in [5.41, 5.74) is 4.41. The van der Waals surface area contributed by atoms with Gasteiger partial charge in [0.1, 0.15) is 18.3 Å². The highest BCUT2D eigenvalue weighted by molar-refractivity contribution is 5.97. The molecule has 1 heterocycles. The molecule has 9 heteroatoms. The summed E-state index contributed by atoms with van der Waals surface area (Å²) in [7, 11) is 1.47. The summed E-state index contributed by atoms with van der Waals surface area (Å²) in [6.45, 7) is 2.13. The second-order valence-electron chi connectivity index (χ2n) is 8.50. The molecule has 3 aromatic rings. The lowest BCUT2D eigenvalue weighted by Crippen LogP contribution is -2.44. The molecule has 0 saturated heterocycles. The number of unbranched alkanes of at least 4 members (excludes halogenated alkanes) is 1. The molecule has 1 atom stereocenters. The highest BCUT2D eigenvalue weighted by Gasteiger charge is 2.30. The highest BCUT2D eigenvalue weighted by atomic mass is 16.5. The average Bonchev–Trinajstić information content (AvgIpc) is 3.37. The number of aryl methyl sites for hydroxylation is 1. The molecule has 1 aliphatic rings. The third-order valence-electron chi connectivity index (χ3n) is 6.15. The van der Waals surface area contributed by atoms with Crippen molar-refractivity contribution in [2.45, 2.75) is 38.1 Å². The second-order valence-corrected chi connectivity index (χ2v) is 8.50. The fourth-order valence-electron chi connectivity index (χ4n) is 4.40. The molecular formula is C26H28N4O5. The number of carboxylic acid groups (broad SMARTS) is 1. The molecule has 0 bridgehead atoms. The summed E-state index contributed by atoms with van der Waals surface area (Å²) in [5, 5.41) is 18.4. The van der Waals surface area contributed by atoms with Crippen LogP contribution in [0.25, 0.3) is 11.1 Å². The number of aromatic nitrogens is 2. The summed E-state index contributed by atoms with van der Waals surface area (Å²) >= 11 is 0. The first-order valence-electron chi connectivity index (χ1n) is 11.6. The van der Waals surface area contributed by atoms with E-state index < -0.39 is 24.0 Å². The zero-order valence-electron chi connectivity index (χ0n) is 19.7. The number of carbonyl (C=O) groups is 3. The molecule has 0 fully saturated rings. The molecule has 0 aliphatic heterocycles. The summed E-state index contributed by atoms with van der Waals surface area (Å²) in [6.07, 6.45) is 1.27. The van der Waals surface area contributed by atoms with Crippen LogP contribution in [-0.4, -0.2) is 45.5 Å². The zero-order valence-corrected chi connectivity index (χ0v) is 19.7. The number of alkyl carbamates (subject to hydrolysis) is 1. The van der Waals surface area contributed by atoms with Crippen LogP contribution in [-0.2, 0) is 16.6 Å². The normalized spacial score (nSPS) is 13.0. The Morgan fingerprint density at radius 3 is 2.29 bits per heavy atom. The first kappa shape index (κ1) is 24.0. The van der Waals surface area contributed by atoms with Crippen molar-refractivity contribution in [3.63, 3.8) is 0 Å². The maximum atomic E-state index is 12.9. The van der Waals surface area contributed by atoms with Crippen molar-refractivity contribution in [2.75, 3.05) is 11.9 Å². The van der Waals surface area contributed by atoms with Gasteiger partial charge in [0.25, 0.3) is 0 Å². The lowest BCUT2D eigenvalue weighted by molar-refractivity contribution is -0.118. The minimum absolute atomic E-state index is 0.0603. The molecular weight excluding hydrogens is 448 g/mol. The predicted molar refractivity (Wildman–Crippen MR) is 130 cm³/mol. The fourth-order valence-corrected chi connectivity index (χ4v) is 4.40. The third kappa shape index (κ3) is 5.18. The van der Waals surface area contributed by atoms with Crippen LogP contribution < -0.4 is 10.6 Å². The Morgan fingerprint density at radius 1 is 1.09 bits per heavy atom. The summed E-state index contributed by atoms with van der Waals surface area (Å²) in [6, 6.07) is 16.5. The highest BCUT2D eigenvalue weighted by Crippen LogP contribution is 2.44. The quantitative estimate of drug-likeness (QED) is 0.426. The van der Waals surface area contributed by atoms with Gasteiger partial charge in [0.05, 0.1) is 0 Å². The number of benzene rings is 2. The molecule has 0 saturated carbocycles. The van der Waals surface area contributed by atoms with Gasteiger partial charge in [-0.3, -0.25) is 9.48 Å². The molecule has 3 N–H and O–H groups in total. The van der Waals surface area contributed by atoms with Gasteiger partial charge >= 0.3 is 12.1 Å². The number of nitrogens with zero attached hydrogens (tertiary/aromatic N) is 2. The van der Waals surface area contributed by atoms with Crippen molar-refractivity contribution < 1.29 is 24.2 Å². The lowest BCUT2D eigenvalue weighted by Gasteiger charge is -2.19. The summed E-state index contributed by atoms with van der Waals surface area (Å²) in [4.78, 5) is 36.8. The number of ether oxygens (including phenoxy) is 1. The van der Waals surface area contributed by atoms with Gasteiger partial charge in [-0.1, -0.05) is 68.3 Å². The summed E-state index contributed by atoms with van der Waals surface area (Å²) < 4.78 is 6.74. The van der Waals surface area contributed by atoms with Crippen LogP contribution in [0.4, 0.5) is 10.6 Å². The van der Waals surface area contributed by atoms with E-state index in [0.717, 1.165) is 33.4 Å². The minimum Gasteiger partial charge on any atom is -0.477 e. The van der Waals surface area contributed by atoms with E-state index in [1.807, 2.05) is 43.3 Å². The fraction of sp³-hybridized carbons (Fsp3) is 0.308. The number of rotatable bonds is 9. The number of carboxylic acids is 1. The first-order valence-corrected chi connectivity index (χ1v) is 11.6. The van der Waals surface area contributed by atoms with Crippen molar-refractivity contribution in [3.05, 3.63) is 71.4 Å². The maximum absolute atomic E-state index is 12.9. The van der Waals surface area contributed by atoms with E-state index in [9.17, 15) is 19.5 Å². The molecule has 4 rings (SSSR count). The molecule has 9 nitrogen and oxygen atoms in total. The van der Waals surface area contributed by atoms with Gasteiger partial charge in [-0.05, 0) is 28.7 Å². The average molecular weight is 477 g/mol. The van der Waals surface area contributed by atoms with Crippen LogP contribution in [0, 0.1) is 0 Å². The van der Waals surface area contributed by atoms with E-state index >= 15 is 0 Å². The number of aromatic carboxylic acids is 1. The van der Waals surface area contributed by atoms with Gasteiger partial charge < -0.3 is 20.5 Å². The van der Waals surface area contributed by atoms with Crippen molar-refractivity contribution in [2.24, 2.45) is 7.05 Å². The van der Waals surface area contributed by atoms with Crippen LogP contribution in [0.15, 0.2) is 54.6 Å². The maximum Gasteiger partial charge on any atom is 0.407 e. The van der Waals surface area contributed by atoms with E-state index in [-0.39, 0.29) is 24.0 Å². The first-order chi connectivity index (χ1) is 16.9. The van der Waals surface area contributed by atoms with Crippen LogP contribution in [0.2, 0.25) is 0 Å². The molecule has 0 radical (unpaired) electrons. The van der Waals surface area contributed by atoms with E-state index in [1.165, 1.54) is 13.1 Å². The van der Waals surface area contributed by atoms with Gasteiger partial charge in [-0.25, -0.2) is 9.59 Å². The van der Waals surface area contributed by atoms with Gasteiger partial charge in [0.15, 0.2) is 5.82 Å². The minimum atomic E-state index is -1.15. The molecule has 35 heavy (non-hydrogen) atoms. The van der Waals surface area contributed by atoms with Crippen molar-refractivity contribution in [3.8, 4) is 11.1 Å². The Hall–Kier alpha value is -4.14. The number of hydrogen-bond donors (Lipinski definition) is 3. The van der Waals surface area contributed by atoms with Gasteiger partial charge in [0, 0.05) is 19.0 Å². The van der Waals surface area contributed by atoms with Crippen molar-refractivity contribution in [1.29, 1.82) is 0 Å². The molecule has 182 valence electrons. The molecule has 2 aromatic carbocycles. The van der Waals surface area contributed by atoms with Crippen LogP contribution in [0.3, 0.4) is 0 Å². The number of anilines is 1. The third-order valence-corrected chi connectivity index (χ3v) is 6.15. The van der Waals surface area contributed by atoms with E-state index in [2.05, 4.69) is 27.9 Å². The monoisotopic (exact) mass is 476 g/mol. The topological polar surface area (TPSA) is 123 Å². The van der Waals surface area contributed by atoms with Crippen LogP contribution >= 0.6 is 0 Å². The largest absolute Gasteiger partial charge is 0.477 e. The number of hydrogen-bond acceptors (Lipinski definition) is 5. The van der Waals surface area contributed by atoms with Crippen LogP contribution in [0.1, 0.15) is 53.7 Å². The number of fused-ring (bicyclic) bond motifs is 3. The second kappa shape index (κ2) is 10.4. The Balaban J connectivity index is 1.41. The van der Waals surface area contributed by atoms with Gasteiger partial charge in [-0.15, -0.1) is 0 Å².